The van der Waals surface area contributed by atoms with Crippen LogP contribution in [0.3, 0.4) is 0 Å². The van der Waals surface area contributed by atoms with Crippen LogP contribution in [0.4, 0.5) is 0 Å². The van der Waals surface area contributed by atoms with Gasteiger partial charge in [-0.25, -0.2) is 0 Å². The van der Waals surface area contributed by atoms with Gasteiger partial charge in [0.2, 0.25) is 0 Å². The van der Waals surface area contributed by atoms with Crippen LogP contribution in [0.1, 0.15) is 28.6 Å². The molecule has 1 aromatic heterocycles. The number of alkyl halides is 1. The zero-order chi connectivity index (χ0) is 11.7. The summed E-state index contributed by atoms with van der Waals surface area (Å²) in [6.45, 7) is 5.13. The highest BCUT2D eigenvalue weighted by molar-refractivity contribution is 9.09. The van der Waals surface area contributed by atoms with E-state index in [1.54, 1.807) is 11.3 Å². The maximum atomic E-state index is 12.4. The normalized spacial score (nSPS) is 25.1. The smallest absolute Gasteiger partial charge is 0.264 e. The van der Waals surface area contributed by atoms with E-state index in [2.05, 4.69) is 22.9 Å². The molecule has 0 spiro atoms. The Labute approximate surface area is 109 Å². The molecule has 1 amide bonds. The Morgan fingerprint density at radius 1 is 1.69 bits per heavy atom. The maximum absolute atomic E-state index is 12.4. The minimum atomic E-state index is 0.210. The van der Waals surface area contributed by atoms with E-state index in [9.17, 15) is 4.79 Å². The second-order valence-electron chi connectivity index (χ2n) is 4.42. The summed E-state index contributed by atoms with van der Waals surface area (Å²) >= 11 is 5.07. The Kier molecular flexibility index (Phi) is 3.70. The molecule has 0 aliphatic carbocycles. The number of nitrogens with zero attached hydrogens (tertiary/aromatic N) is 1. The van der Waals surface area contributed by atoms with Gasteiger partial charge < -0.3 is 4.90 Å². The molecule has 2 unspecified atom stereocenters. The van der Waals surface area contributed by atoms with Crippen LogP contribution in [0.5, 0.6) is 0 Å². The average Bonchev–Trinajstić information content (AvgIpc) is 2.83. The highest BCUT2D eigenvalue weighted by Crippen LogP contribution is 2.29. The van der Waals surface area contributed by atoms with Crippen molar-refractivity contribution in [2.45, 2.75) is 26.3 Å². The first-order valence-corrected chi connectivity index (χ1v) is 7.56. The lowest BCUT2D eigenvalue weighted by molar-refractivity contribution is 0.0743. The van der Waals surface area contributed by atoms with Gasteiger partial charge in [-0.3, -0.25) is 4.79 Å². The molecule has 1 aromatic rings. The largest absolute Gasteiger partial charge is 0.334 e. The van der Waals surface area contributed by atoms with Crippen LogP contribution in [-0.4, -0.2) is 28.7 Å². The maximum Gasteiger partial charge on any atom is 0.264 e. The third kappa shape index (κ3) is 2.05. The molecule has 16 heavy (non-hydrogen) atoms. The molecule has 1 fully saturated rings. The molecule has 2 atom stereocenters. The van der Waals surface area contributed by atoms with Crippen molar-refractivity contribution >= 4 is 33.2 Å². The lowest BCUT2D eigenvalue weighted by atomic mass is 10.1. The fraction of sp³-hybridized carbons (Fsp3) is 0.583. The van der Waals surface area contributed by atoms with Crippen LogP contribution in [0.2, 0.25) is 0 Å². The number of aryl methyl sites for hydroxylation is 1. The van der Waals surface area contributed by atoms with E-state index in [1.807, 2.05) is 23.3 Å². The molecule has 0 bridgehead atoms. The molecule has 88 valence electrons. The summed E-state index contributed by atoms with van der Waals surface area (Å²) in [6, 6.07) is 2.37. The fourth-order valence-electron chi connectivity index (χ4n) is 2.22. The third-order valence-corrected chi connectivity index (χ3v) is 5.03. The molecule has 2 nitrogen and oxygen atoms in total. The molecular formula is C12H16BrNOS. The van der Waals surface area contributed by atoms with Gasteiger partial charge in [0.05, 0.1) is 4.88 Å². The molecule has 2 rings (SSSR count). The van der Waals surface area contributed by atoms with Gasteiger partial charge in [0.15, 0.2) is 0 Å². The SMILES string of the molecule is Cc1ccsc1C(=O)N1CCC(C)C1CBr. The Bertz CT molecular complexity index is 390. The second-order valence-corrected chi connectivity index (χ2v) is 5.98. The lowest BCUT2D eigenvalue weighted by Gasteiger charge is -2.25. The summed E-state index contributed by atoms with van der Waals surface area (Å²) in [5.74, 6) is 0.810. The molecule has 0 N–H and O–H groups in total. The van der Waals surface area contributed by atoms with E-state index in [-0.39, 0.29) is 5.91 Å². The van der Waals surface area contributed by atoms with Gasteiger partial charge in [0.25, 0.3) is 5.91 Å². The summed E-state index contributed by atoms with van der Waals surface area (Å²) in [5, 5.41) is 2.87. The second kappa shape index (κ2) is 4.88. The standard InChI is InChI=1S/C12H16BrNOS/c1-8-3-5-14(10(8)7-13)12(15)11-9(2)4-6-16-11/h4,6,8,10H,3,5,7H2,1-2H3. The first-order valence-electron chi connectivity index (χ1n) is 5.56. The van der Waals surface area contributed by atoms with E-state index in [0.717, 1.165) is 28.7 Å². The Morgan fingerprint density at radius 3 is 3.00 bits per heavy atom. The third-order valence-electron chi connectivity index (χ3n) is 3.36. The van der Waals surface area contributed by atoms with E-state index >= 15 is 0 Å². The Morgan fingerprint density at radius 2 is 2.44 bits per heavy atom. The van der Waals surface area contributed by atoms with Crippen LogP contribution in [-0.2, 0) is 0 Å². The van der Waals surface area contributed by atoms with Crippen LogP contribution >= 0.6 is 27.3 Å². The molecular weight excluding hydrogens is 286 g/mol. The van der Waals surface area contributed by atoms with Crippen LogP contribution in [0.25, 0.3) is 0 Å². The number of thiophene rings is 1. The topological polar surface area (TPSA) is 20.3 Å². The van der Waals surface area contributed by atoms with Gasteiger partial charge in [-0.2, -0.15) is 0 Å². The summed E-state index contributed by atoms with van der Waals surface area (Å²) in [6.07, 6.45) is 1.12. The highest BCUT2D eigenvalue weighted by atomic mass is 79.9. The molecule has 0 saturated carbocycles. The molecule has 4 heteroatoms. The van der Waals surface area contributed by atoms with Crippen molar-refractivity contribution in [2.75, 3.05) is 11.9 Å². The molecule has 0 radical (unpaired) electrons. The summed E-state index contributed by atoms with van der Waals surface area (Å²) in [4.78, 5) is 15.3. The van der Waals surface area contributed by atoms with Crippen LogP contribution in [0.15, 0.2) is 11.4 Å². The first-order chi connectivity index (χ1) is 7.65. The predicted octanol–water partition coefficient (Wildman–Crippen LogP) is 3.30. The highest BCUT2D eigenvalue weighted by Gasteiger charge is 2.34. The van der Waals surface area contributed by atoms with Gasteiger partial charge >= 0.3 is 0 Å². The minimum absolute atomic E-state index is 0.210. The summed E-state index contributed by atoms with van der Waals surface area (Å²) < 4.78 is 0. The zero-order valence-electron chi connectivity index (χ0n) is 9.57. The van der Waals surface area contributed by atoms with Crippen molar-refractivity contribution in [3.8, 4) is 0 Å². The predicted molar refractivity (Wildman–Crippen MR) is 71.5 cm³/mol. The van der Waals surface area contributed by atoms with Crippen LogP contribution in [0, 0.1) is 12.8 Å². The number of hydrogen-bond donors (Lipinski definition) is 0. The Balaban J connectivity index is 2.20. The number of amides is 1. The number of hydrogen-bond acceptors (Lipinski definition) is 2. The Hall–Kier alpha value is -0.350. The fourth-order valence-corrected chi connectivity index (χ4v) is 4.09. The summed E-state index contributed by atoms with van der Waals surface area (Å²) in [7, 11) is 0. The number of rotatable bonds is 2. The lowest BCUT2D eigenvalue weighted by Crippen LogP contribution is -2.38. The van der Waals surface area contributed by atoms with Gasteiger partial charge in [0, 0.05) is 17.9 Å². The molecule has 1 aliphatic heterocycles. The number of carbonyl (C=O) groups excluding carboxylic acids is 1. The number of likely N-dealkylation sites (tertiary alicyclic amines) is 1. The van der Waals surface area contributed by atoms with Crippen molar-refractivity contribution < 1.29 is 4.79 Å². The van der Waals surface area contributed by atoms with Crippen LogP contribution < -0.4 is 0 Å². The first kappa shape index (κ1) is 12.1. The molecule has 0 aromatic carbocycles. The molecule has 2 heterocycles. The van der Waals surface area contributed by atoms with Crippen molar-refractivity contribution in [2.24, 2.45) is 5.92 Å². The van der Waals surface area contributed by atoms with E-state index in [0.29, 0.717) is 12.0 Å². The van der Waals surface area contributed by atoms with Crippen molar-refractivity contribution in [3.63, 3.8) is 0 Å². The quantitative estimate of drug-likeness (QED) is 0.768. The van der Waals surface area contributed by atoms with Crippen molar-refractivity contribution in [1.82, 2.24) is 4.90 Å². The minimum Gasteiger partial charge on any atom is -0.334 e. The van der Waals surface area contributed by atoms with Gasteiger partial charge in [-0.15, -0.1) is 11.3 Å². The van der Waals surface area contributed by atoms with Crippen molar-refractivity contribution in [3.05, 3.63) is 21.9 Å². The van der Waals surface area contributed by atoms with E-state index in [4.69, 9.17) is 0 Å². The van der Waals surface area contributed by atoms with Crippen molar-refractivity contribution in [1.29, 1.82) is 0 Å². The van der Waals surface area contributed by atoms with Gasteiger partial charge in [-0.05, 0) is 36.3 Å². The molecule has 1 saturated heterocycles. The zero-order valence-corrected chi connectivity index (χ0v) is 12.0. The average molecular weight is 302 g/mol. The number of halogens is 1. The van der Waals surface area contributed by atoms with E-state index in [1.165, 1.54) is 0 Å². The van der Waals surface area contributed by atoms with Gasteiger partial charge in [-0.1, -0.05) is 22.9 Å². The monoisotopic (exact) mass is 301 g/mol. The van der Waals surface area contributed by atoms with Gasteiger partial charge in [0.1, 0.15) is 0 Å². The van der Waals surface area contributed by atoms with E-state index < -0.39 is 0 Å². The number of carbonyl (C=O) groups is 1. The summed E-state index contributed by atoms with van der Waals surface area (Å²) in [5.41, 5.74) is 1.10. The molecule has 1 aliphatic rings.